The average molecular weight is 791 g/mol. The Morgan fingerprint density at radius 2 is 0.746 bits per heavy atom. The van der Waals surface area contributed by atoms with E-state index in [2.05, 4.69) is 234 Å². The average Bonchev–Trinajstić information content (AvgIpc) is 3.51. The van der Waals surface area contributed by atoms with E-state index in [1.54, 1.807) is 0 Å². The molecule has 0 fully saturated rings. The van der Waals surface area contributed by atoms with Gasteiger partial charge in [-0.15, -0.1) is 0 Å². The molecule has 0 heterocycles. The minimum absolute atomic E-state index is 0.00650. The van der Waals surface area contributed by atoms with Crippen molar-refractivity contribution in [1.82, 2.24) is 0 Å². The molecule has 9 aromatic carbocycles. The number of rotatable bonds is 7. The minimum Gasteiger partial charge on any atom is -0.0626 e. The molecule has 0 amide bonds. The second kappa shape index (κ2) is 14.0. The lowest BCUT2D eigenvalue weighted by Crippen LogP contribution is -2.53. The fraction of sp³-hybridized carbons (Fsp3) is 0.123. The molecule has 59 heavy (non-hydrogen) atoms. The van der Waals surface area contributed by atoms with Crippen molar-refractivity contribution in [3.05, 3.63) is 205 Å². The van der Waals surface area contributed by atoms with Gasteiger partial charge in [0, 0.05) is 5.41 Å². The summed E-state index contributed by atoms with van der Waals surface area (Å²) < 4.78 is 0. The van der Waals surface area contributed by atoms with E-state index in [4.69, 9.17) is 0 Å². The van der Waals surface area contributed by atoms with E-state index in [1.165, 1.54) is 97.9 Å². The summed E-state index contributed by atoms with van der Waals surface area (Å²) in [6.07, 6.45) is 0. The van der Waals surface area contributed by atoms with Crippen LogP contribution in [0.3, 0.4) is 0 Å². The molecular weight excluding hydrogens is 741 g/mol. The van der Waals surface area contributed by atoms with Crippen LogP contribution >= 0.6 is 0 Å². The standard InChI is InChI=1S/C57H50Si2/c1-57(2)53-24-16-15-21-47(53)48-36-34-46(38-54(48)57)59(5,6)45-32-25-40(26-33-45)55-49-22-13-14-23-50(49)56(52-37-42(29-35-51(52)55)39-17-9-7-10-18-39)41-27-30-44(31-28-41)58(3,4)43-19-11-8-12-20-43/h7-38H,1-6H3. The molecule has 0 N–H and O–H groups in total. The molecule has 0 unspecified atom stereocenters. The van der Waals surface area contributed by atoms with Gasteiger partial charge in [-0.25, -0.2) is 0 Å². The third kappa shape index (κ3) is 6.08. The van der Waals surface area contributed by atoms with Crippen molar-refractivity contribution in [3.63, 3.8) is 0 Å². The summed E-state index contributed by atoms with van der Waals surface area (Å²) in [7, 11) is -3.89. The molecule has 0 saturated carbocycles. The Labute approximate surface area is 351 Å². The Kier molecular flexibility index (Phi) is 8.86. The highest BCUT2D eigenvalue weighted by molar-refractivity contribution is 7.01. The first-order chi connectivity index (χ1) is 28.5. The maximum atomic E-state index is 2.54. The van der Waals surface area contributed by atoms with Crippen LogP contribution in [0.25, 0.3) is 66.1 Å². The van der Waals surface area contributed by atoms with E-state index >= 15 is 0 Å². The summed E-state index contributed by atoms with van der Waals surface area (Å²) >= 11 is 0. The van der Waals surface area contributed by atoms with Crippen LogP contribution in [0.4, 0.5) is 0 Å². The largest absolute Gasteiger partial charge is 0.112 e. The molecule has 0 nitrogen and oxygen atoms in total. The topological polar surface area (TPSA) is 0 Å². The maximum absolute atomic E-state index is 2.54. The van der Waals surface area contributed by atoms with E-state index in [9.17, 15) is 0 Å². The zero-order chi connectivity index (χ0) is 40.5. The van der Waals surface area contributed by atoms with Crippen LogP contribution in [0, 0.1) is 0 Å². The Hall–Kier alpha value is -6.07. The summed E-state index contributed by atoms with van der Waals surface area (Å²) in [6, 6.07) is 73.6. The molecule has 0 aromatic heterocycles. The monoisotopic (exact) mass is 790 g/mol. The zero-order valence-corrected chi connectivity index (χ0v) is 37.0. The molecule has 0 spiro atoms. The first-order valence-electron chi connectivity index (χ1n) is 21.1. The Bertz CT molecular complexity index is 3030. The molecule has 0 saturated heterocycles. The van der Waals surface area contributed by atoms with Gasteiger partial charge in [-0.2, -0.15) is 0 Å². The third-order valence-corrected chi connectivity index (χ3v) is 20.8. The van der Waals surface area contributed by atoms with Gasteiger partial charge in [-0.05, 0) is 83.2 Å². The molecule has 1 aliphatic carbocycles. The van der Waals surface area contributed by atoms with Crippen molar-refractivity contribution in [2.75, 3.05) is 0 Å². The van der Waals surface area contributed by atoms with Gasteiger partial charge in [0.25, 0.3) is 0 Å². The maximum Gasteiger partial charge on any atom is 0.112 e. The smallest absolute Gasteiger partial charge is 0.0626 e. The summed E-state index contributed by atoms with van der Waals surface area (Å²) in [5.74, 6) is 0. The van der Waals surface area contributed by atoms with E-state index in [-0.39, 0.29) is 5.41 Å². The molecule has 9 aromatic rings. The van der Waals surface area contributed by atoms with Crippen LogP contribution in [-0.2, 0) is 5.41 Å². The van der Waals surface area contributed by atoms with E-state index in [1.807, 2.05) is 0 Å². The fourth-order valence-corrected chi connectivity index (χ4v) is 14.7. The zero-order valence-electron chi connectivity index (χ0n) is 35.0. The van der Waals surface area contributed by atoms with Crippen molar-refractivity contribution in [2.45, 2.75) is 45.5 Å². The van der Waals surface area contributed by atoms with Crippen molar-refractivity contribution in [1.29, 1.82) is 0 Å². The van der Waals surface area contributed by atoms with Crippen LogP contribution in [-0.4, -0.2) is 16.1 Å². The first kappa shape index (κ1) is 37.2. The van der Waals surface area contributed by atoms with E-state index in [0.717, 1.165) is 0 Å². The lowest BCUT2D eigenvalue weighted by molar-refractivity contribution is 0.661. The molecule has 0 aliphatic heterocycles. The van der Waals surface area contributed by atoms with Gasteiger partial charge in [0.15, 0.2) is 0 Å². The van der Waals surface area contributed by atoms with Crippen LogP contribution in [0.5, 0.6) is 0 Å². The lowest BCUT2D eigenvalue weighted by Gasteiger charge is -2.27. The number of fused-ring (bicyclic) bond motifs is 5. The summed E-state index contributed by atoms with van der Waals surface area (Å²) in [5.41, 5.74) is 13.2. The van der Waals surface area contributed by atoms with E-state index < -0.39 is 16.1 Å². The number of hydrogen-bond donors (Lipinski definition) is 0. The molecule has 1 aliphatic rings. The van der Waals surface area contributed by atoms with Gasteiger partial charge in [-0.1, -0.05) is 249 Å². The molecule has 2 heteroatoms. The highest BCUT2D eigenvalue weighted by Crippen LogP contribution is 2.48. The summed E-state index contributed by atoms with van der Waals surface area (Å²) in [5, 5.41) is 11.0. The van der Waals surface area contributed by atoms with Crippen molar-refractivity contribution < 1.29 is 0 Å². The van der Waals surface area contributed by atoms with Crippen LogP contribution < -0.4 is 20.7 Å². The Balaban J connectivity index is 1.10. The van der Waals surface area contributed by atoms with Gasteiger partial charge >= 0.3 is 0 Å². The highest BCUT2D eigenvalue weighted by Gasteiger charge is 2.37. The first-order valence-corrected chi connectivity index (χ1v) is 27.1. The summed E-state index contributed by atoms with van der Waals surface area (Å²) in [6.45, 7) is 14.7. The fourth-order valence-electron chi connectivity index (χ4n) is 10.00. The van der Waals surface area contributed by atoms with Crippen LogP contribution in [0.15, 0.2) is 194 Å². The molecule has 0 radical (unpaired) electrons. The quantitative estimate of drug-likeness (QED) is 0.111. The molecule has 0 atom stereocenters. The molecule has 286 valence electrons. The SMILES string of the molecule is CC1(C)c2ccccc2-c2ccc([Si](C)(C)c3ccc(-c4c5ccccc5c(-c5ccc([Si](C)(C)c6ccccc6)cc5)c5cc(-c6ccccc6)ccc45)cc3)cc21. The van der Waals surface area contributed by atoms with Gasteiger partial charge in [0.1, 0.15) is 16.1 Å². The molecule has 0 bridgehead atoms. The Morgan fingerprint density at radius 1 is 0.305 bits per heavy atom. The Morgan fingerprint density at radius 3 is 1.37 bits per heavy atom. The van der Waals surface area contributed by atoms with Crippen molar-refractivity contribution in [2.24, 2.45) is 0 Å². The van der Waals surface area contributed by atoms with Gasteiger partial charge in [0.05, 0.1) is 0 Å². The van der Waals surface area contributed by atoms with Crippen LogP contribution in [0.2, 0.25) is 26.2 Å². The predicted octanol–water partition coefficient (Wildman–Crippen LogP) is 12.9. The molecular formula is C57H50Si2. The van der Waals surface area contributed by atoms with E-state index in [0.29, 0.717) is 0 Å². The number of hydrogen-bond acceptors (Lipinski definition) is 0. The van der Waals surface area contributed by atoms with Crippen LogP contribution in [0.1, 0.15) is 25.0 Å². The summed E-state index contributed by atoms with van der Waals surface area (Å²) in [4.78, 5) is 0. The van der Waals surface area contributed by atoms with Crippen molar-refractivity contribution in [3.8, 4) is 44.5 Å². The van der Waals surface area contributed by atoms with Gasteiger partial charge in [0.2, 0.25) is 0 Å². The molecule has 10 rings (SSSR count). The second-order valence-electron chi connectivity index (χ2n) is 18.1. The normalized spacial score (nSPS) is 13.4. The van der Waals surface area contributed by atoms with Gasteiger partial charge in [-0.3, -0.25) is 0 Å². The third-order valence-electron chi connectivity index (χ3n) is 13.7. The lowest BCUT2D eigenvalue weighted by atomic mass is 9.82. The minimum atomic E-state index is -2.03. The highest BCUT2D eigenvalue weighted by atomic mass is 28.3. The van der Waals surface area contributed by atoms with Crippen molar-refractivity contribution >= 4 is 58.4 Å². The predicted molar refractivity (Wildman–Crippen MR) is 262 cm³/mol. The second-order valence-corrected chi connectivity index (χ2v) is 26.9. The number of benzene rings is 9. The van der Waals surface area contributed by atoms with Gasteiger partial charge < -0.3 is 0 Å².